The third kappa shape index (κ3) is 4.51. The van der Waals surface area contributed by atoms with Gasteiger partial charge >= 0.3 is 0 Å². The minimum atomic E-state index is 0.484. The molecule has 2 rings (SSSR count). The molecule has 0 spiro atoms. The first kappa shape index (κ1) is 18.3. The summed E-state index contributed by atoms with van der Waals surface area (Å²) in [5.74, 6) is 1.11. The molecule has 1 aliphatic rings. The molecule has 2 nitrogen and oxygen atoms in total. The van der Waals surface area contributed by atoms with Gasteiger partial charge in [-0.15, -0.1) is 6.58 Å². The first-order valence-electron chi connectivity index (χ1n) is 8.30. The normalized spacial score (nSPS) is 21.0. The SMILES string of the molecule is C=CC1CC(C(C=S)=N/C=C(\C)c2ccc(NC(=C)C)cc2C)C1. The quantitative estimate of drug-likeness (QED) is 0.377. The number of anilines is 1. The molecule has 0 atom stereocenters. The molecule has 0 aliphatic heterocycles. The molecule has 0 heterocycles. The second kappa shape index (κ2) is 8.20. The Hall–Kier alpha value is -2.00. The van der Waals surface area contributed by atoms with E-state index < -0.39 is 0 Å². The Morgan fingerprint density at radius 3 is 2.58 bits per heavy atom. The Labute approximate surface area is 151 Å². The first-order valence-corrected chi connectivity index (χ1v) is 8.77. The summed E-state index contributed by atoms with van der Waals surface area (Å²) in [6, 6.07) is 6.32. The van der Waals surface area contributed by atoms with Crippen molar-refractivity contribution in [3.63, 3.8) is 0 Å². The van der Waals surface area contributed by atoms with Crippen molar-refractivity contribution in [2.45, 2.75) is 33.6 Å². The fourth-order valence-corrected chi connectivity index (χ4v) is 3.25. The van der Waals surface area contributed by atoms with Gasteiger partial charge in [-0.3, -0.25) is 4.99 Å². The zero-order valence-electron chi connectivity index (χ0n) is 14.8. The van der Waals surface area contributed by atoms with E-state index in [2.05, 4.69) is 55.5 Å². The zero-order chi connectivity index (χ0) is 17.7. The van der Waals surface area contributed by atoms with Crippen LogP contribution < -0.4 is 5.32 Å². The molecule has 1 saturated carbocycles. The molecule has 24 heavy (non-hydrogen) atoms. The molecule has 0 radical (unpaired) electrons. The highest BCUT2D eigenvalue weighted by molar-refractivity contribution is 7.80. The van der Waals surface area contributed by atoms with Crippen molar-refractivity contribution in [1.82, 2.24) is 0 Å². The Balaban J connectivity index is 2.14. The second-order valence-corrected chi connectivity index (χ2v) is 6.82. The van der Waals surface area contributed by atoms with Crippen LogP contribution in [0.25, 0.3) is 5.57 Å². The van der Waals surface area contributed by atoms with Gasteiger partial charge in [-0.1, -0.05) is 30.9 Å². The van der Waals surface area contributed by atoms with Gasteiger partial charge < -0.3 is 5.32 Å². The van der Waals surface area contributed by atoms with Crippen LogP contribution >= 0.6 is 12.2 Å². The van der Waals surface area contributed by atoms with Crippen molar-refractivity contribution >= 4 is 34.6 Å². The molecule has 0 bridgehead atoms. The lowest BCUT2D eigenvalue weighted by molar-refractivity contribution is 0.319. The monoisotopic (exact) mass is 338 g/mol. The van der Waals surface area contributed by atoms with Gasteiger partial charge in [0.15, 0.2) is 0 Å². The van der Waals surface area contributed by atoms with Crippen LogP contribution in [0, 0.1) is 18.8 Å². The summed E-state index contributed by atoms with van der Waals surface area (Å²) in [5, 5.41) is 4.97. The number of benzene rings is 1. The van der Waals surface area contributed by atoms with E-state index in [-0.39, 0.29) is 0 Å². The number of nitrogens with zero attached hydrogens (tertiary/aromatic N) is 1. The van der Waals surface area contributed by atoms with E-state index in [0.717, 1.165) is 35.5 Å². The van der Waals surface area contributed by atoms with Gasteiger partial charge in [0.2, 0.25) is 0 Å². The molecular formula is C21H26N2S. The summed E-state index contributed by atoms with van der Waals surface area (Å²) in [6.45, 7) is 13.9. The number of hydrogen-bond acceptors (Lipinski definition) is 3. The van der Waals surface area contributed by atoms with Crippen molar-refractivity contribution in [2.24, 2.45) is 16.8 Å². The maximum Gasteiger partial charge on any atom is 0.0542 e. The lowest BCUT2D eigenvalue weighted by Gasteiger charge is -2.32. The van der Waals surface area contributed by atoms with Crippen molar-refractivity contribution in [3.8, 4) is 0 Å². The van der Waals surface area contributed by atoms with Gasteiger partial charge in [-0.25, -0.2) is 0 Å². The van der Waals surface area contributed by atoms with Crippen LogP contribution in [0.2, 0.25) is 0 Å². The molecule has 1 aromatic carbocycles. The number of nitrogens with one attached hydrogen (secondary N) is 1. The number of allylic oxidation sites excluding steroid dienone is 3. The smallest absolute Gasteiger partial charge is 0.0542 e. The van der Waals surface area contributed by atoms with Crippen LogP contribution in [0.15, 0.2) is 54.3 Å². The van der Waals surface area contributed by atoms with Gasteiger partial charge in [-0.2, -0.15) is 0 Å². The van der Waals surface area contributed by atoms with Gasteiger partial charge in [0.05, 0.1) is 5.71 Å². The molecule has 1 aliphatic carbocycles. The molecule has 1 fully saturated rings. The number of rotatable bonds is 7. The van der Waals surface area contributed by atoms with Crippen LogP contribution in [-0.4, -0.2) is 11.1 Å². The van der Waals surface area contributed by atoms with E-state index >= 15 is 0 Å². The first-order chi connectivity index (χ1) is 11.4. The Morgan fingerprint density at radius 2 is 2.04 bits per heavy atom. The van der Waals surface area contributed by atoms with Gasteiger partial charge in [-0.05, 0) is 68.4 Å². The van der Waals surface area contributed by atoms with Crippen molar-refractivity contribution in [2.75, 3.05) is 5.32 Å². The number of hydrogen-bond donors (Lipinski definition) is 1. The van der Waals surface area contributed by atoms with E-state index in [0.29, 0.717) is 11.8 Å². The summed E-state index contributed by atoms with van der Waals surface area (Å²) in [6.07, 6.45) is 6.20. The summed E-state index contributed by atoms with van der Waals surface area (Å²) < 4.78 is 0. The maximum atomic E-state index is 5.15. The van der Waals surface area contributed by atoms with E-state index in [1.807, 2.05) is 19.2 Å². The third-order valence-corrected chi connectivity index (χ3v) is 4.70. The molecule has 0 saturated heterocycles. The lowest BCUT2D eigenvalue weighted by atomic mass is 9.73. The molecule has 126 valence electrons. The van der Waals surface area contributed by atoms with Gasteiger partial charge in [0, 0.05) is 28.9 Å². The standard InChI is InChI=1S/C21H26N2S/c1-6-17-10-18(11-17)21(13-24)22-12-16(5)20-8-7-19(9-15(20)4)23-14(2)3/h6-9,12-13,17-18,23H,1-2,10-11H2,3-5H3/b16-12+,22-21?. The predicted molar refractivity (Wildman–Crippen MR) is 111 cm³/mol. The molecule has 0 amide bonds. The Bertz CT molecular complexity index is 707. The van der Waals surface area contributed by atoms with Gasteiger partial charge in [0.25, 0.3) is 0 Å². The highest BCUT2D eigenvalue weighted by Crippen LogP contribution is 2.35. The topological polar surface area (TPSA) is 24.4 Å². The predicted octanol–water partition coefficient (Wildman–Crippen LogP) is 5.95. The molecule has 0 unspecified atom stereocenters. The van der Waals surface area contributed by atoms with Crippen molar-refractivity contribution in [3.05, 3.63) is 60.5 Å². The number of aliphatic imine (C=N–C) groups is 1. The van der Waals surface area contributed by atoms with Crippen LogP contribution in [0.1, 0.15) is 37.8 Å². The number of thiocarbonyl (C=S) groups is 1. The highest BCUT2D eigenvalue weighted by atomic mass is 32.1. The molecular weight excluding hydrogens is 312 g/mol. The fraction of sp³-hybridized carbons (Fsp3) is 0.333. The molecule has 1 N–H and O–H groups in total. The molecule has 1 aromatic rings. The maximum absolute atomic E-state index is 5.15. The summed E-state index contributed by atoms with van der Waals surface area (Å²) in [4.78, 5) is 4.65. The molecule has 3 heteroatoms. The largest absolute Gasteiger partial charge is 0.360 e. The fourth-order valence-electron chi connectivity index (χ4n) is 3.00. The second-order valence-electron chi connectivity index (χ2n) is 6.58. The van der Waals surface area contributed by atoms with Gasteiger partial charge in [0.1, 0.15) is 0 Å². The summed E-state index contributed by atoms with van der Waals surface area (Å²) >= 11 is 5.15. The van der Waals surface area contributed by atoms with Crippen LogP contribution in [0.5, 0.6) is 0 Å². The van der Waals surface area contributed by atoms with Crippen molar-refractivity contribution < 1.29 is 0 Å². The Morgan fingerprint density at radius 1 is 1.33 bits per heavy atom. The average molecular weight is 339 g/mol. The average Bonchev–Trinajstić information content (AvgIpc) is 2.48. The van der Waals surface area contributed by atoms with Crippen molar-refractivity contribution in [1.29, 1.82) is 0 Å². The molecule has 0 aromatic heterocycles. The Kier molecular flexibility index (Phi) is 6.27. The number of aryl methyl sites for hydroxylation is 1. The summed E-state index contributed by atoms with van der Waals surface area (Å²) in [5.41, 5.74) is 6.56. The lowest BCUT2D eigenvalue weighted by Crippen LogP contribution is -2.29. The third-order valence-electron chi connectivity index (χ3n) is 4.46. The van der Waals surface area contributed by atoms with E-state index in [9.17, 15) is 0 Å². The zero-order valence-corrected chi connectivity index (χ0v) is 15.6. The minimum absolute atomic E-state index is 0.484. The van der Waals surface area contributed by atoms with E-state index in [1.54, 1.807) is 5.37 Å². The highest BCUT2D eigenvalue weighted by Gasteiger charge is 2.29. The van der Waals surface area contributed by atoms with E-state index in [1.165, 1.54) is 11.1 Å². The van der Waals surface area contributed by atoms with E-state index in [4.69, 9.17) is 12.2 Å². The van der Waals surface area contributed by atoms with Crippen LogP contribution in [0.3, 0.4) is 0 Å². The minimum Gasteiger partial charge on any atom is -0.360 e. The van der Waals surface area contributed by atoms with Crippen LogP contribution in [0.4, 0.5) is 5.69 Å². The van der Waals surface area contributed by atoms with Crippen LogP contribution in [-0.2, 0) is 0 Å². The summed E-state index contributed by atoms with van der Waals surface area (Å²) in [7, 11) is 0.